The van der Waals surface area contributed by atoms with E-state index < -0.39 is 20.6 Å². The first kappa shape index (κ1) is 15.3. The van der Waals surface area contributed by atoms with Crippen LogP contribution in [0.1, 0.15) is 11.1 Å². The Morgan fingerprint density at radius 2 is 1.50 bits per heavy atom. The summed E-state index contributed by atoms with van der Waals surface area (Å²) in [5, 5.41) is -2.00. The van der Waals surface area contributed by atoms with Gasteiger partial charge in [-0.1, -0.05) is 36.9 Å². The van der Waals surface area contributed by atoms with Crippen LogP contribution >= 0.6 is 15.2 Å². The zero-order valence-corrected chi connectivity index (χ0v) is 11.2. The topological polar surface area (TPSA) is 115 Å². The lowest BCUT2D eigenvalue weighted by atomic mass is 10.1. The fraction of sp³-hybridized carbons (Fsp3) is 0.200. The molecule has 0 amide bonds. The summed E-state index contributed by atoms with van der Waals surface area (Å²) in [5.41, 5.74) is 1.25. The predicted octanol–water partition coefficient (Wildman–Crippen LogP) is 1.55. The van der Waals surface area contributed by atoms with Crippen molar-refractivity contribution in [2.45, 2.75) is 11.8 Å². The molecule has 0 heterocycles. The van der Waals surface area contributed by atoms with Gasteiger partial charge in [-0.3, -0.25) is 9.13 Å². The van der Waals surface area contributed by atoms with E-state index in [-0.39, 0.29) is 6.42 Å². The molecule has 0 saturated carbocycles. The molecule has 0 unspecified atom stereocenters. The van der Waals surface area contributed by atoms with Crippen LogP contribution in [-0.2, 0) is 15.6 Å². The average Bonchev–Trinajstić information content (AvgIpc) is 2.23. The van der Waals surface area contributed by atoms with Crippen LogP contribution in [-0.4, -0.2) is 25.0 Å². The highest BCUT2D eigenvalue weighted by atomic mass is 31.2. The van der Waals surface area contributed by atoms with Crippen LogP contribution in [0.15, 0.2) is 30.8 Å². The molecule has 0 saturated heterocycles. The first-order valence-corrected chi connectivity index (χ1v) is 8.32. The third-order valence-electron chi connectivity index (χ3n) is 2.41. The molecule has 0 aliphatic heterocycles. The van der Waals surface area contributed by atoms with Crippen LogP contribution in [0.2, 0.25) is 0 Å². The zero-order valence-electron chi connectivity index (χ0n) is 9.38. The number of rotatable bonds is 5. The van der Waals surface area contributed by atoms with Crippen LogP contribution in [0.5, 0.6) is 0 Å². The van der Waals surface area contributed by atoms with Gasteiger partial charge in [0.15, 0.2) is 5.40 Å². The smallest absolute Gasteiger partial charge is 0.324 e. The van der Waals surface area contributed by atoms with E-state index in [4.69, 9.17) is 19.6 Å². The first-order valence-electron chi connectivity index (χ1n) is 4.96. The van der Waals surface area contributed by atoms with Crippen molar-refractivity contribution in [1.82, 2.24) is 0 Å². The molecule has 0 aliphatic rings. The minimum absolute atomic E-state index is 0.383. The largest absolute Gasteiger partial charge is 0.341 e. The maximum Gasteiger partial charge on any atom is 0.341 e. The van der Waals surface area contributed by atoms with Crippen molar-refractivity contribution in [1.29, 1.82) is 0 Å². The molecule has 0 bridgehead atoms. The van der Waals surface area contributed by atoms with Crippen molar-refractivity contribution in [3.63, 3.8) is 0 Å². The second-order valence-electron chi connectivity index (χ2n) is 3.81. The summed E-state index contributed by atoms with van der Waals surface area (Å²) in [6.45, 7) is 3.55. The highest BCUT2D eigenvalue weighted by molar-refractivity contribution is 7.70. The number of hydrogen-bond acceptors (Lipinski definition) is 2. The molecule has 1 aromatic carbocycles. The lowest BCUT2D eigenvalue weighted by Crippen LogP contribution is -2.12. The molecule has 8 heteroatoms. The van der Waals surface area contributed by atoms with Crippen molar-refractivity contribution < 1.29 is 28.7 Å². The molecule has 6 nitrogen and oxygen atoms in total. The maximum atomic E-state index is 11.1. The third kappa shape index (κ3) is 4.18. The molecule has 18 heavy (non-hydrogen) atoms. The van der Waals surface area contributed by atoms with Crippen molar-refractivity contribution in [3.05, 3.63) is 42.0 Å². The lowest BCUT2D eigenvalue weighted by molar-refractivity contribution is 0.338. The van der Waals surface area contributed by atoms with Gasteiger partial charge in [-0.2, -0.15) is 0 Å². The molecule has 1 aromatic rings. The summed E-state index contributed by atoms with van der Waals surface area (Å²) in [4.78, 5) is 35.9. The average molecular weight is 292 g/mol. The summed E-state index contributed by atoms with van der Waals surface area (Å²) >= 11 is 0. The van der Waals surface area contributed by atoms with Gasteiger partial charge in [-0.05, 0) is 17.5 Å². The molecule has 4 N–H and O–H groups in total. The fourth-order valence-corrected chi connectivity index (χ4v) is 3.90. The Bertz CT molecular complexity index is 490. The molecule has 0 radical (unpaired) electrons. The van der Waals surface area contributed by atoms with Gasteiger partial charge in [0.05, 0.1) is 0 Å². The van der Waals surface area contributed by atoms with Crippen LogP contribution < -0.4 is 0 Å². The van der Waals surface area contributed by atoms with Gasteiger partial charge in [-0.25, -0.2) is 0 Å². The molecule has 100 valence electrons. The highest BCUT2D eigenvalue weighted by Gasteiger charge is 2.43. The Morgan fingerprint density at radius 1 is 1.06 bits per heavy atom. The zero-order chi connectivity index (χ0) is 14.0. The molecule has 0 aromatic heterocycles. The Kier molecular flexibility index (Phi) is 4.67. The van der Waals surface area contributed by atoms with Gasteiger partial charge in [0.1, 0.15) is 0 Å². The molecular formula is C10H14O6P2. The Hall–Kier alpha value is -0.740. The standard InChI is InChI=1S/C10H14O6P2/c1-2-8-3-5-9(6-4-8)7-10(17(11,12)13)18(14,15)16/h2-6,10H,1,7H2,(H2,11,12,13)(H2,14,15,16). The molecular weight excluding hydrogens is 278 g/mol. The molecule has 0 spiro atoms. The fourth-order valence-electron chi connectivity index (χ4n) is 1.43. The van der Waals surface area contributed by atoms with Gasteiger partial charge in [0.2, 0.25) is 0 Å². The van der Waals surface area contributed by atoms with Gasteiger partial charge in [0, 0.05) is 0 Å². The van der Waals surface area contributed by atoms with Crippen molar-refractivity contribution in [2.75, 3.05) is 0 Å². The second kappa shape index (κ2) is 5.49. The van der Waals surface area contributed by atoms with Gasteiger partial charge < -0.3 is 19.6 Å². The van der Waals surface area contributed by atoms with Crippen molar-refractivity contribution >= 4 is 21.3 Å². The van der Waals surface area contributed by atoms with Crippen molar-refractivity contribution in [2.24, 2.45) is 0 Å². The highest BCUT2D eigenvalue weighted by Crippen LogP contribution is 2.60. The normalized spacial score (nSPS) is 12.7. The van der Waals surface area contributed by atoms with E-state index in [2.05, 4.69) is 6.58 Å². The van der Waals surface area contributed by atoms with Crippen LogP contribution in [0, 0.1) is 0 Å². The lowest BCUT2D eigenvalue weighted by Gasteiger charge is -2.19. The number of benzene rings is 1. The van der Waals surface area contributed by atoms with Crippen LogP contribution in [0.3, 0.4) is 0 Å². The van der Waals surface area contributed by atoms with Crippen molar-refractivity contribution in [3.8, 4) is 0 Å². The maximum absolute atomic E-state index is 11.1. The predicted molar refractivity (Wildman–Crippen MR) is 68.1 cm³/mol. The molecule has 0 fully saturated rings. The number of hydrogen-bond donors (Lipinski definition) is 4. The Morgan fingerprint density at radius 3 is 1.83 bits per heavy atom. The third-order valence-corrected chi connectivity index (χ3v) is 6.13. The van der Waals surface area contributed by atoms with E-state index in [0.717, 1.165) is 5.56 Å². The van der Waals surface area contributed by atoms with E-state index in [0.29, 0.717) is 5.56 Å². The molecule has 1 rings (SSSR count). The van der Waals surface area contributed by atoms with E-state index in [1.165, 1.54) is 0 Å². The van der Waals surface area contributed by atoms with Gasteiger partial charge in [-0.15, -0.1) is 0 Å². The van der Waals surface area contributed by atoms with E-state index in [1.54, 1.807) is 30.3 Å². The summed E-state index contributed by atoms with van der Waals surface area (Å²) in [5.74, 6) is 0. The van der Waals surface area contributed by atoms with Gasteiger partial charge >= 0.3 is 15.2 Å². The summed E-state index contributed by atoms with van der Waals surface area (Å²) in [6, 6.07) is 6.40. The molecule has 0 atom stereocenters. The SMILES string of the molecule is C=Cc1ccc(CC(P(=O)(O)O)P(=O)(O)O)cc1. The van der Waals surface area contributed by atoms with E-state index in [9.17, 15) is 9.13 Å². The van der Waals surface area contributed by atoms with Gasteiger partial charge in [0.25, 0.3) is 0 Å². The van der Waals surface area contributed by atoms with E-state index in [1.807, 2.05) is 0 Å². The summed E-state index contributed by atoms with van der Waals surface area (Å²) in [7, 11) is -9.73. The first-order chi connectivity index (χ1) is 8.14. The second-order valence-corrected chi connectivity index (χ2v) is 7.82. The summed E-state index contributed by atoms with van der Waals surface area (Å²) < 4.78 is 22.2. The minimum Gasteiger partial charge on any atom is -0.324 e. The quantitative estimate of drug-likeness (QED) is 0.612. The van der Waals surface area contributed by atoms with E-state index >= 15 is 0 Å². The van der Waals surface area contributed by atoms with Crippen LogP contribution in [0.4, 0.5) is 0 Å². The Balaban J connectivity index is 3.01. The monoisotopic (exact) mass is 292 g/mol. The Labute approximate surface area is 104 Å². The minimum atomic E-state index is -4.86. The molecule has 0 aliphatic carbocycles. The summed E-state index contributed by atoms with van der Waals surface area (Å²) in [6.07, 6.45) is 1.21. The van der Waals surface area contributed by atoms with Crippen LogP contribution in [0.25, 0.3) is 6.08 Å².